The number of halogens is 1. The molecule has 0 saturated heterocycles. The summed E-state index contributed by atoms with van der Waals surface area (Å²) in [4.78, 5) is 17.6. The second-order valence-corrected chi connectivity index (χ2v) is 8.94. The molecule has 0 spiro atoms. The van der Waals surface area contributed by atoms with Crippen molar-refractivity contribution in [2.24, 2.45) is 0 Å². The third-order valence-electron chi connectivity index (χ3n) is 5.90. The number of carbonyl (C=O) groups excluding carboxylic acids is 1. The number of rotatable bonds is 10. The SMILES string of the molecule is COc1ccc(CC(=O)NC(C)c2nc3ccccc3n2CCCOc2ccc(Cl)c(C)c2)cc1. The van der Waals surface area contributed by atoms with Crippen LogP contribution in [0.3, 0.4) is 0 Å². The van der Waals surface area contributed by atoms with E-state index in [0.717, 1.165) is 57.5 Å². The summed E-state index contributed by atoms with van der Waals surface area (Å²) in [5.74, 6) is 2.35. The number of methoxy groups -OCH3 is 1. The van der Waals surface area contributed by atoms with E-state index < -0.39 is 0 Å². The number of nitrogens with one attached hydrogen (secondary N) is 1. The second-order valence-electron chi connectivity index (χ2n) is 8.54. The Hall–Kier alpha value is -3.51. The molecule has 0 bridgehead atoms. The van der Waals surface area contributed by atoms with Crippen molar-refractivity contribution in [2.75, 3.05) is 13.7 Å². The summed E-state index contributed by atoms with van der Waals surface area (Å²) in [5, 5.41) is 3.84. The van der Waals surface area contributed by atoms with E-state index in [4.69, 9.17) is 26.1 Å². The van der Waals surface area contributed by atoms with Crippen molar-refractivity contribution in [1.82, 2.24) is 14.9 Å². The van der Waals surface area contributed by atoms with Crippen LogP contribution in [-0.4, -0.2) is 29.2 Å². The van der Waals surface area contributed by atoms with Crippen LogP contribution in [0.4, 0.5) is 0 Å². The Morgan fingerprint density at radius 2 is 1.83 bits per heavy atom. The van der Waals surface area contributed by atoms with Crippen LogP contribution in [0.15, 0.2) is 66.7 Å². The molecule has 1 heterocycles. The van der Waals surface area contributed by atoms with Gasteiger partial charge in [0.05, 0.1) is 37.2 Å². The monoisotopic (exact) mass is 491 g/mol. The van der Waals surface area contributed by atoms with E-state index in [1.165, 1.54) is 0 Å². The van der Waals surface area contributed by atoms with E-state index in [1.807, 2.05) is 74.5 Å². The number of aromatic nitrogens is 2. The molecule has 35 heavy (non-hydrogen) atoms. The highest BCUT2D eigenvalue weighted by Crippen LogP contribution is 2.23. The average molecular weight is 492 g/mol. The first-order valence-corrected chi connectivity index (χ1v) is 12.1. The summed E-state index contributed by atoms with van der Waals surface area (Å²) >= 11 is 6.10. The van der Waals surface area contributed by atoms with Crippen LogP contribution in [0.1, 0.15) is 36.3 Å². The van der Waals surface area contributed by atoms with Crippen molar-refractivity contribution in [1.29, 1.82) is 0 Å². The number of para-hydroxylation sites is 2. The van der Waals surface area contributed by atoms with E-state index in [9.17, 15) is 4.79 Å². The van der Waals surface area contributed by atoms with Gasteiger partial charge < -0.3 is 19.4 Å². The van der Waals surface area contributed by atoms with Gasteiger partial charge in [-0.05, 0) is 73.9 Å². The molecule has 1 amide bonds. The Morgan fingerprint density at radius 3 is 2.57 bits per heavy atom. The molecule has 0 radical (unpaired) electrons. The maximum atomic E-state index is 12.7. The first kappa shape index (κ1) is 24.6. The molecule has 1 N–H and O–H groups in total. The Balaban J connectivity index is 1.42. The molecule has 6 nitrogen and oxygen atoms in total. The minimum Gasteiger partial charge on any atom is -0.497 e. The fraction of sp³-hybridized carbons (Fsp3) is 0.286. The molecule has 0 saturated carbocycles. The number of hydrogen-bond acceptors (Lipinski definition) is 4. The summed E-state index contributed by atoms with van der Waals surface area (Å²) in [6, 6.07) is 21.0. The van der Waals surface area contributed by atoms with Crippen molar-refractivity contribution >= 4 is 28.5 Å². The standard InChI is InChI=1S/C28H30ClN3O3/c1-19-17-23(13-14-24(19)29)35-16-6-15-32-26-8-5-4-7-25(26)31-28(32)20(2)30-27(33)18-21-9-11-22(34-3)12-10-21/h4-5,7-14,17,20H,6,15-16,18H2,1-3H3,(H,30,33). The lowest BCUT2D eigenvalue weighted by atomic mass is 10.1. The van der Waals surface area contributed by atoms with Crippen LogP contribution in [0, 0.1) is 6.92 Å². The van der Waals surface area contributed by atoms with E-state index in [0.29, 0.717) is 13.0 Å². The average Bonchev–Trinajstić information content (AvgIpc) is 3.23. The summed E-state index contributed by atoms with van der Waals surface area (Å²) in [6.07, 6.45) is 1.09. The molecule has 0 aliphatic carbocycles. The van der Waals surface area contributed by atoms with Gasteiger partial charge >= 0.3 is 0 Å². The Kier molecular flexibility index (Phi) is 7.93. The van der Waals surface area contributed by atoms with Crippen LogP contribution in [0.2, 0.25) is 5.02 Å². The number of nitrogens with zero attached hydrogens (tertiary/aromatic N) is 2. The third kappa shape index (κ3) is 6.14. The van der Waals surface area contributed by atoms with Crippen LogP contribution in [0.5, 0.6) is 11.5 Å². The first-order chi connectivity index (χ1) is 16.9. The number of imidazole rings is 1. The summed E-state index contributed by atoms with van der Waals surface area (Å²) in [5.41, 5.74) is 3.87. The van der Waals surface area contributed by atoms with E-state index in [2.05, 4.69) is 16.0 Å². The minimum absolute atomic E-state index is 0.0530. The van der Waals surface area contributed by atoms with Crippen LogP contribution in [0.25, 0.3) is 11.0 Å². The molecule has 4 aromatic rings. The van der Waals surface area contributed by atoms with Gasteiger partial charge in [0, 0.05) is 11.6 Å². The molecule has 1 atom stereocenters. The molecule has 0 aliphatic heterocycles. The minimum atomic E-state index is -0.243. The van der Waals surface area contributed by atoms with Crippen molar-refractivity contribution < 1.29 is 14.3 Å². The van der Waals surface area contributed by atoms with Gasteiger partial charge in [0.2, 0.25) is 5.91 Å². The number of benzene rings is 3. The smallest absolute Gasteiger partial charge is 0.224 e. The van der Waals surface area contributed by atoms with E-state index in [1.54, 1.807) is 7.11 Å². The molecule has 1 aromatic heterocycles. The second kappa shape index (κ2) is 11.3. The number of amides is 1. The van der Waals surface area contributed by atoms with E-state index in [-0.39, 0.29) is 11.9 Å². The predicted octanol–water partition coefficient (Wildman–Crippen LogP) is 5.90. The summed E-state index contributed by atoms with van der Waals surface area (Å²) < 4.78 is 13.3. The van der Waals surface area contributed by atoms with Gasteiger partial charge in [-0.1, -0.05) is 35.9 Å². The normalized spacial score (nSPS) is 11.9. The summed E-state index contributed by atoms with van der Waals surface area (Å²) in [7, 11) is 1.63. The largest absolute Gasteiger partial charge is 0.497 e. The maximum absolute atomic E-state index is 12.7. The van der Waals surface area contributed by atoms with Gasteiger partial charge in [-0.3, -0.25) is 4.79 Å². The molecule has 7 heteroatoms. The lowest BCUT2D eigenvalue weighted by molar-refractivity contribution is -0.121. The molecule has 3 aromatic carbocycles. The lowest BCUT2D eigenvalue weighted by Gasteiger charge is -2.17. The number of carbonyl (C=O) groups is 1. The highest BCUT2D eigenvalue weighted by Gasteiger charge is 2.18. The molecule has 0 fully saturated rings. The summed E-state index contributed by atoms with van der Waals surface area (Å²) in [6.45, 7) is 5.21. The number of aryl methyl sites for hydroxylation is 2. The molecular weight excluding hydrogens is 462 g/mol. The number of hydrogen-bond donors (Lipinski definition) is 1. The zero-order valence-corrected chi connectivity index (χ0v) is 21.0. The van der Waals surface area contributed by atoms with Crippen LogP contribution < -0.4 is 14.8 Å². The maximum Gasteiger partial charge on any atom is 0.224 e. The van der Waals surface area contributed by atoms with Crippen molar-refractivity contribution in [3.8, 4) is 11.5 Å². The fourth-order valence-corrected chi connectivity index (χ4v) is 4.18. The molecule has 0 aliphatic rings. The van der Waals surface area contributed by atoms with Crippen molar-refractivity contribution in [2.45, 2.75) is 39.3 Å². The van der Waals surface area contributed by atoms with Gasteiger partial charge in [0.1, 0.15) is 17.3 Å². The van der Waals surface area contributed by atoms with Crippen molar-refractivity contribution in [3.05, 3.63) is 88.7 Å². The van der Waals surface area contributed by atoms with Gasteiger partial charge in [-0.15, -0.1) is 0 Å². The highest BCUT2D eigenvalue weighted by molar-refractivity contribution is 6.31. The Morgan fingerprint density at radius 1 is 1.09 bits per heavy atom. The van der Waals surface area contributed by atoms with Crippen LogP contribution >= 0.6 is 11.6 Å². The van der Waals surface area contributed by atoms with Crippen molar-refractivity contribution in [3.63, 3.8) is 0 Å². The quantitative estimate of drug-likeness (QED) is 0.281. The molecule has 1 unspecified atom stereocenters. The van der Waals surface area contributed by atoms with Crippen LogP contribution in [-0.2, 0) is 17.8 Å². The number of ether oxygens (including phenoxy) is 2. The predicted molar refractivity (Wildman–Crippen MR) is 139 cm³/mol. The Labute approximate surface area is 210 Å². The van der Waals surface area contributed by atoms with E-state index >= 15 is 0 Å². The highest BCUT2D eigenvalue weighted by atomic mass is 35.5. The lowest BCUT2D eigenvalue weighted by Crippen LogP contribution is -2.30. The fourth-order valence-electron chi connectivity index (χ4n) is 4.07. The third-order valence-corrected chi connectivity index (χ3v) is 6.32. The first-order valence-electron chi connectivity index (χ1n) is 11.7. The topological polar surface area (TPSA) is 65.4 Å². The Bertz CT molecular complexity index is 1300. The number of fused-ring (bicyclic) bond motifs is 1. The van der Waals surface area contributed by atoms with Gasteiger partial charge in [0.15, 0.2) is 0 Å². The zero-order valence-electron chi connectivity index (χ0n) is 20.3. The molecule has 182 valence electrons. The molecule has 4 rings (SSSR count). The van der Waals surface area contributed by atoms with Gasteiger partial charge in [0.25, 0.3) is 0 Å². The van der Waals surface area contributed by atoms with Gasteiger partial charge in [-0.25, -0.2) is 4.98 Å². The van der Waals surface area contributed by atoms with Gasteiger partial charge in [-0.2, -0.15) is 0 Å². The molecular formula is C28H30ClN3O3. The zero-order chi connectivity index (χ0) is 24.8.